The quantitative estimate of drug-likeness (QED) is 0.822. The summed E-state index contributed by atoms with van der Waals surface area (Å²) in [6, 6.07) is 16.0. The van der Waals surface area contributed by atoms with Gasteiger partial charge in [-0.25, -0.2) is 0 Å². The zero-order valence-corrected chi connectivity index (χ0v) is 12.3. The average Bonchev–Trinajstić information content (AvgIpc) is 3.24. The molecule has 2 heterocycles. The largest absolute Gasteiger partial charge is 0.343 e. The minimum atomic E-state index is -0.569. The molecule has 1 fully saturated rings. The molecule has 2 aliphatic heterocycles. The van der Waals surface area contributed by atoms with Crippen LogP contribution >= 0.6 is 11.6 Å². The highest BCUT2D eigenvalue weighted by Gasteiger charge is 2.60. The minimum Gasteiger partial charge on any atom is -0.343 e. The average molecular weight is 300 g/mol. The molecule has 0 bridgehead atoms. The van der Waals surface area contributed by atoms with E-state index in [-0.39, 0.29) is 0 Å². The highest BCUT2D eigenvalue weighted by atomic mass is 35.5. The van der Waals surface area contributed by atoms with Crippen molar-refractivity contribution in [2.75, 3.05) is 18.9 Å². The van der Waals surface area contributed by atoms with Gasteiger partial charge in [0.1, 0.15) is 5.84 Å². The maximum atomic E-state index is 6.20. The first-order chi connectivity index (χ1) is 10.2. The number of halogens is 1. The third-order valence-corrected chi connectivity index (χ3v) is 4.15. The number of nitrogens with zero attached hydrogens (tertiary/aromatic N) is 2. The standard InChI is InChI=1S/C16H14ClN3O/c1-18-15-10-20-16(21-20,11-5-3-2-4-6-11)13-9-12(17)7-8-14(13)19-15/h2-9H,10H2,1H3,(H,18,19). The first-order valence-corrected chi connectivity index (χ1v) is 7.17. The Balaban J connectivity index is 1.93. The lowest BCUT2D eigenvalue weighted by Crippen LogP contribution is -2.22. The van der Waals surface area contributed by atoms with Crippen molar-refractivity contribution in [1.29, 1.82) is 0 Å². The Morgan fingerprint density at radius 3 is 2.81 bits per heavy atom. The van der Waals surface area contributed by atoms with Gasteiger partial charge in [-0.1, -0.05) is 41.9 Å². The Bertz CT molecular complexity index is 732. The summed E-state index contributed by atoms with van der Waals surface area (Å²) in [6.07, 6.45) is 0. The van der Waals surface area contributed by atoms with E-state index in [4.69, 9.17) is 16.4 Å². The predicted molar refractivity (Wildman–Crippen MR) is 83.4 cm³/mol. The molecule has 5 heteroatoms. The third-order valence-electron chi connectivity index (χ3n) is 3.92. The van der Waals surface area contributed by atoms with E-state index in [2.05, 4.69) is 22.4 Å². The van der Waals surface area contributed by atoms with Crippen LogP contribution in [0.5, 0.6) is 0 Å². The van der Waals surface area contributed by atoms with Crippen LogP contribution in [0.25, 0.3) is 0 Å². The van der Waals surface area contributed by atoms with Crippen LogP contribution in [0.2, 0.25) is 5.02 Å². The van der Waals surface area contributed by atoms with E-state index >= 15 is 0 Å². The van der Waals surface area contributed by atoms with Crippen molar-refractivity contribution in [3.8, 4) is 0 Å². The van der Waals surface area contributed by atoms with Gasteiger partial charge in [0.2, 0.25) is 5.72 Å². The number of rotatable bonds is 1. The fraction of sp³-hybridized carbons (Fsp3) is 0.188. The van der Waals surface area contributed by atoms with Gasteiger partial charge in [-0.2, -0.15) is 0 Å². The highest BCUT2D eigenvalue weighted by molar-refractivity contribution is 6.30. The second kappa shape index (κ2) is 4.56. The Kier molecular flexibility index (Phi) is 2.79. The number of nitrogens with one attached hydrogen (secondary N) is 1. The fourth-order valence-corrected chi connectivity index (χ4v) is 3.02. The lowest BCUT2D eigenvalue weighted by Gasteiger charge is -2.15. The summed E-state index contributed by atoms with van der Waals surface area (Å²) in [5, 5.41) is 5.98. The molecule has 0 amide bonds. The minimum absolute atomic E-state index is 0.569. The van der Waals surface area contributed by atoms with Crippen LogP contribution in [0.4, 0.5) is 5.69 Å². The maximum absolute atomic E-state index is 6.20. The molecule has 0 spiro atoms. The summed E-state index contributed by atoms with van der Waals surface area (Å²) in [6.45, 7) is 0.609. The molecule has 0 aromatic heterocycles. The molecule has 4 nitrogen and oxygen atoms in total. The van der Waals surface area contributed by atoms with Crippen molar-refractivity contribution < 1.29 is 4.84 Å². The smallest absolute Gasteiger partial charge is 0.218 e. The number of benzene rings is 2. The number of hydrogen-bond acceptors (Lipinski definition) is 3. The molecular formula is C16H14ClN3O. The second-order valence-electron chi connectivity index (χ2n) is 5.12. The van der Waals surface area contributed by atoms with E-state index in [0.717, 1.165) is 22.6 Å². The number of hydroxylamine groups is 2. The molecule has 0 saturated carbocycles. The molecule has 0 radical (unpaired) electrons. The van der Waals surface area contributed by atoms with Gasteiger partial charge in [0, 0.05) is 28.9 Å². The van der Waals surface area contributed by atoms with Gasteiger partial charge in [0.05, 0.1) is 6.54 Å². The van der Waals surface area contributed by atoms with Gasteiger partial charge in [-0.05, 0) is 18.2 Å². The number of fused-ring (bicyclic) bond motifs is 3. The molecule has 1 N–H and O–H groups in total. The monoisotopic (exact) mass is 299 g/mol. The summed E-state index contributed by atoms with van der Waals surface area (Å²) >= 11 is 6.20. The van der Waals surface area contributed by atoms with Crippen molar-refractivity contribution in [2.45, 2.75) is 5.72 Å². The Morgan fingerprint density at radius 1 is 1.24 bits per heavy atom. The molecule has 4 rings (SSSR count). The fourth-order valence-electron chi connectivity index (χ4n) is 2.85. The molecule has 1 saturated heterocycles. The predicted octanol–water partition coefficient (Wildman–Crippen LogP) is 3.24. The van der Waals surface area contributed by atoms with Gasteiger partial charge in [0.15, 0.2) is 0 Å². The van der Waals surface area contributed by atoms with Crippen LogP contribution in [-0.2, 0) is 10.6 Å². The van der Waals surface area contributed by atoms with Crippen molar-refractivity contribution in [1.82, 2.24) is 5.06 Å². The van der Waals surface area contributed by atoms with E-state index in [1.807, 2.05) is 41.5 Å². The Morgan fingerprint density at radius 2 is 2.05 bits per heavy atom. The summed E-state index contributed by atoms with van der Waals surface area (Å²) in [4.78, 5) is 10.3. The normalized spacial score (nSPS) is 28.3. The summed E-state index contributed by atoms with van der Waals surface area (Å²) in [5.74, 6) is 0.869. The van der Waals surface area contributed by atoms with Crippen LogP contribution in [0.15, 0.2) is 53.5 Å². The molecule has 0 aliphatic carbocycles. The zero-order valence-electron chi connectivity index (χ0n) is 11.5. The topological polar surface area (TPSA) is 39.9 Å². The van der Waals surface area contributed by atoms with Crippen LogP contribution in [0, 0.1) is 0 Å². The van der Waals surface area contributed by atoms with Gasteiger partial charge in [-0.3, -0.25) is 9.83 Å². The van der Waals surface area contributed by atoms with Crippen LogP contribution in [-0.4, -0.2) is 24.5 Å². The molecule has 2 aliphatic rings. The number of hydrogen-bond donors (Lipinski definition) is 1. The van der Waals surface area contributed by atoms with E-state index in [9.17, 15) is 0 Å². The molecule has 2 aromatic rings. The summed E-state index contributed by atoms with van der Waals surface area (Å²) in [5.41, 5.74) is 2.51. The second-order valence-corrected chi connectivity index (χ2v) is 5.56. The Hall–Kier alpha value is -1.88. The van der Waals surface area contributed by atoms with E-state index < -0.39 is 5.72 Å². The number of aliphatic imine (C=N–C) groups is 1. The summed E-state index contributed by atoms with van der Waals surface area (Å²) in [7, 11) is 1.77. The van der Waals surface area contributed by atoms with Crippen molar-refractivity contribution in [3.05, 3.63) is 64.7 Å². The lowest BCUT2D eigenvalue weighted by molar-refractivity contribution is 0.213. The van der Waals surface area contributed by atoms with Crippen molar-refractivity contribution in [2.24, 2.45) is 4.99 Å². The molecule has 2 atom stereocenters. The Labute approximate surface area is 128 Å². The third kappa shape index (κ3) is 1.87. The summed E-state index contributed by atoms with van der Waals surface area (Å²) < 4.78 is 0. The van der Waals surface area contributed by atoms with E-state index in [1.54, 1.807) is 7.05 Å². The molecule has 21 heavy (non-hydrogen) atoms. The maximum Gasteiger partial charge on any atom is 0.218 e. The van der Waals surface area contributed by atoms with Crippen molar-refractivity contribution >= 4 is 23.1 Å². The van der Waals surface area contributed by atoms with Gasteiger partial charge in [-0.15, -0.1) is 5.06 Å². The van der Waals surface area contributed by atoms with Crippen LogP contribution < -0.4 is 5.32 Å². The zero-order chi connectivity index (χ0) is 14.4. The molecule has 106 valence electrons. The lowest BCUT2D eigenvalue weighted by atomic mass is 9.95. The van der Waals surface area contributed by atoms with E-state index in [0.29, 0.717) is 11.6 Å². The van der Waals surface area contributed by atoms with Gasteiger partial charge < -0.3 is 5.32 Å². The number of anilines is 1. The van der Waals surface area contributed by atoms with Gasteiger partial charge in [0.25, 0.3) is 0 Å². The van der Waals surface area contributed by atoms with Crippen molar-refractivity contribution in [3.63, 3.8) is 0 Å². The van der Waals surface area contributed by atoms with E-state index in [1.165, 1.54) is 0 Å². The number of amidine groups is 1. The molecular weight excluding hydrogens is 286 g/mol. The van der Waals surface area contributed by atoms with Crippen LogP contribution in [0.3, 0.4) is 0 Å². The molecule has 2 unspecified atom stereocenters. The first-order valence-electron chi connectivity index (χ1n) is 6.79. The van der Waals surface area contributed by atoms with Gasteiger partial charge >= 0.3 is 0 Å². The SMILES string of the molecule is CN=C1CN2OC2(c2ccccc2)c2cc(Cl)ccc2N1. The molecule has 2 aromatic carbocycles. The first kappa shape index (κ1) is 12.8. The highest BCUT2D eigenvalue weighted by Crippen LogP contribution is 2.53. The van der Waals surface area contributed by atoms with Crippen LogP contribution in [0.1, 0.15) is 11.1 Å².